The molecule has 0 spiro atoms. The van der Waals surface area contributed by atoms with E-state index in [1.807, 2.05) is 24.3 Å². The Balaban J connectivity index is 1.79. The molecule has 140 valence electrons. The number of aromatic amines is 1. The number of amides is 2. The molecule has 0 aliphatic rings. The Morgan fingerprint density at radius 3 is 2.52 bits per heavy atom. The second-order valence-corrected chi connectivity index (χ2v) is 6.00. The van der Waals surface area contributed by atoms with Gasteiger partial charge in [-0.15, -0.1) is 0 Å². The Morgan fingerprint density at radius 1 is 1.04 bits per heavy atom. The van der Waals surface area contributed by atoms with Crippen molar-refractivity contribution in [1.82, 2.24) is 10.3 Å². The van der Waals surface area contributed by atoms with Crippen molar-refractivity contribution in [1.29, 1.82) is 0 Å². The van der Waals surface area contributed by atoms with Crippen LogP contribution in [0, 0.1) is 6.92 Å². The van der Waals surface area contributed by atoms with Gasteiger partial charge in [-0.25, -0.2) is 0 Å². The van der Waals surface area contributed by atoms with Crippen molar-refractivity contribution in [3.8, 4) is 0 Å². The molecular formula is C19H16F3N3O2. The number of H-pyrrole nitrogens is 1. The fourth-order valence-electron chi connectivity index (χ4n) is 2.78. The third-order valence-corrected chi connectivity index (χ3v) is 3.95. The van der Waals surface area contributed by atoms with E-state index in [-0.39, 0.29) is 11.5 Å². The maximum Gasteiger partial charge on any atom is 0.405 e. The van der Waals surface area contributed by atoms with E-state index in [0.29, 0.717) is 16.9 Å². The van der Waals surface area contributed by atoms with Crippen LogP contribution in [0.3, 0.4) is 0 Å². The molecule has 1 heterocycles. The van der Waals surface area contributed by atoms with E-state index >= 15 is 0 Å². The van der Waals surface area contributed by atoms with Crippen molar-refractivity contribution in [3.05, 3.63) is 65.4 Å². The normalized spacial score (nSPS) is 11.4. The molecule has 5 nitrogen and oxygen atoms in total. The van der Waals surface area contributed by atoms with Crippen molar-refractivity contribution in [2.24, 2.45) is 0 Å². The van der Waals surface area contributed by atoms with Crippen molar-refractivity contribution in [2.45, 2.75) is 13.1 Å². The third-order valence-electron chi connectivity index (χ3n) is 3.95. The summed E-state index contributed by atoms with van der Waals surface area (Å²) in [6, 6.07) is 13.1. The first-order chi connectivity index (χ1) is 12.7. The topological polar surface area (TPSA) is 74.0 Å². The minimum atomic E-state index is -4.49. The van der Waals surface area contributed by atoms with Crippen LogP contribution in [0.1, 0.15) is 26.4 Å². The molecule has 3 aromatic rings. The van der Waals surface area contributed by atoms with E-state index in [0.717, 1.165) is 10.9 Å². The molecule has 1 aromatic heterocycles. The molecule has 0 bridgehead atoms. The van der Waals surface area contributed by atoms with Crippen LogP contribution in [0.25, 0.3) is 10.9 Å². The van der Waals surface area contributed by atoms with Crippen LogP contribution in [0.4, 0.5) is 18.9 Å². The lowest BCUT2D eigenvalue weighted by Crippen LogP contribution is -2.33. The number of alkyl halides is 3. The van der Waals surface area contributed by atoms with Crippen molar-refractivity contribution >= 4 is 28.4 Å². The average Bonchev–Trinajstić information content (AvgIpc) is 2.95. The van der Waals surface area contributed by atoms with Gasteiger partial charge in [0.1, 0.15) is 6.54 Å². The summed E-state index contributed by atoms with van der Waals surface area (Å²) in [7, 11) is 0. The zero-order valence-corrected chi connectivity index (χ0v) is 14.3. The molecule has 27 heavy (non-hydrogen) atoms. The van der Waals surface area contributed by atoms with Gasteiger partial charge < -0.3 is 15.6 Å². The van der Waals surface area contributed by atoms with Crippen LogP contribution < -0.4 is 10.6 Å². The molecule has 0 fully saturated rings. The third kappa shape index (κ3) is 4.28. The van der Waals surface area contributed by atoms with Gasteiger partial charge in [-0.3, -0.25) is 9.59 Å². The fourth-order valence-corrected chi connectivity index (χ4v) is 2.78. The zero-order valence-electron chi connectivity index (χ0n) is 14.3. The predicted octanol–water partition coefficient (Wildman–Crippen LogP) is 4.02. The van der Waals surface area contributed by atoms with E-state index in [4.69, 9.17) is 0 Å². The number of benzene rings is 2. The molecule has 0 aliphatic heterocycles. The number of fused-ring (bicyclic) bond motifs is 1. The number of halogens is 3. The molecule has 0 atom stereocenters. The summed E-state index contributed by atoms with van der Waals surface area (Å²) in [5.41, 5.74) is 2.31. The molecular weight excluding hydrogens is 359 g/mol. The van der Waals surface area contributed by atoms with Gasteiger partial charge >= 0.3 is 6.18 Å². The van der Waals surface area contributed by atoms with E-state index < -0.39 is 18.6 Å². The number of para-hydroxylation sites is 1. The van der Waals surface area contributed by atoms with Crippen LogP contribution >= 0.6 is 0 Å². The SMILES string of the molecule is Cc1[nH]c2ccccc2c1C(=O)Nc1cccc(C(=O)NCC(F)(F)F)c1. The van der Waals surface area contributed by atoms with E-state index in [1.54, 1.807) is 18.3 Å². The molecule has 3 N–H and O–H groups in total. The largest absolute Gasteiger partial charge is 0.405 e. The van der Waals surface area contributed by atoms with Crippen LogP contribution in [0.5, 0.6) is 0 Å². The summed E-state index contributed by atoms with van der Waals surface area (Å²) >= 11 is 0. The standard InChI is InChI=1S/C19H16F3N3O2/c1-11-16(14-7-2-3-8-15(14)24-11)18(27)25-13-6-4-5-12(9-13)17(26)23-10-19(20,21)22/h2-9,24H,10H2,1H3,(H,23,26)(H,25,27). The summed E-state index contributed by atoms with van der Waals surface area (Å²) in [5, 5.41) is 5.24. The van der Waals surface area contributed by atoms with E-state index in [2.05, 4.69) is 10.3 Å². The number of aryl methyl sites for hydroxylation is 1. The Kier molecular flexibility index (Phi) is 4.89. The van der Waals surface area contributed by atoms with E-state index in [9.17, 15) is 22.8 Å². The highest BCUT2D eigenvalue weighted by molar-refractivity contribution is 6.14. The molecule has 8 heteroatoms. The second kappa shape index (κ2) is 7.14. The Hall–Kier alpha value is -3.29. The van der Waals surface area contributed by atoms with Gasteiger partial charge in [0, 0.05) is 27.8 Å². The molecule has 3 rings (SSSR count). The lowest BCUT2D eigenvalue weighted by atomic mass is 10.1. The molecule has 2 aromatic carbocycles. The van der Waals surface area contributed by atoms with Gasteiger partial charge in [-0.05, 0) is 31.2 Å². The highest BCUT2D eigenvalue weighted by Crippen LogP contribution is 2.23. The number of aromatic nitrogens is 1. The molecule has 0 saturated carbocycles. The van der Waals surface area contributed by atoms with Gasteiger partial charge in [0.25, 0.3) is 11.8 Å². The number of nitrogens with one attached hydrogen (secondary N) is 3. The van der Waals surface area contributed by atoms with Crippen molar-refractivity contribution < 1.29 is 22.8 Å². The molecule has 2 amide bonds. The lowest BCUT2D eigenvalue weighted by Gasteiger charge is -2.10. The Morgan fingerprint density at radius 2 is 1.78 bits per heavy atom. The highest BCUT2D eigenvalue weighted by atomic mass is 19.4. The van der Waals surface area contributed by atoms with Gasteiger partial charge in [-0.2, -0.15) is 13.2 Å². The first-order valence-electron chi connectivity index (χ1n) is 8.08. The fraction of sp³-hybridized carbons (Fsp3) is 0.158. The number of carbonyl (C=O) groups is 2. The highest BCUT2D eigenvalue weighted by Gasteiger charge is 2.28. The van der Waals surface area contributed by atoms with Crippen LogP contribution in [-0.4, -0.2) is 29.5 Å². The summed E-state index contributed by atoms with van der Waals surface area (Å²) in [5.74, 6) is -1.25. The summed E-state index contributed by atoms with van der Waals surface area (Å²) in [6.45, 7) is 0.354. The molecule has 0 saturated heterocycles. The van der Waals surface area contributed by atoms with Gasteiger partial charge in [0.2, 0.25) is 0 Å². The van der Waals surface area contributed by atoms with Crippen LogP contribution in [-0.2, 0) is 0 Å². The lowest BCUT2D eigenvalue weighted by molar-refractivity contribution is -0.123. The van der Waals surface area contributed by atoms with Gasteiger partial charge in [-0.1, -0.05) is 24.3 Å². The summed E-state index contributed by atoms with van der Waals surface area (Å²) < 4.78 is 36.7. The number of carbonyl (C=O) groups excluding carboxylic acids is 2. The smallest absolute Gasteiger partial charge is 0.358 e. The maximum absolute atomic E-state index is 12.7. The zero-order chi connectivity index (χ0) is 19.6. The Bertz CT molecular complexity index is 1010. The van der Waals surface area contributed by atoms with Gasteiger partial charge in [0.05, 0.1) is 5.56 Å². The van der Waals surface area contributed by atoms with Gasteiger partial charge in [0.15, 0.2) is 0 Å². The van der Waals surface area contributed by atoms with Crippen molar-refractivity contribution in [2.75, 3.05) is 11.9 Å². The molecule has 0 aliphatic carbocycles. The minimum Gasteiger partial charge on any atom is -0.358 e. The first kappa shape index (κ1) is 18.5. The number of anilines is 1. The number of hydrogen-bond acceptors (Lipinski definition) is 2. The first-order valence-corrected chi connectivity index (χ1v) is 8.08. The number of hydrogen-bond donors (Lipinski definition) is 3. The average molecular weight is 375 g/mol. The second-order valence-electron chi connectivity index (χ2n) is 6.00. The summed E-state index contributed by atoms with van der Waals surface area (Å²) in [4.78, 5) is 27.6. The monoisotopic (exact) mass is 375 g/mol. The van der Waals surface area contributed by atoms with Crippen LogP contribution in [0.15, 0.2) is 48.5 Å². The molecule has 0 radical (unpaired) electrons. The quantitative estimate of drug-likeness (QED) is 0.644. The number of rotatable bonds is 4. The van der Waals surface area contributed by atoms with Crippen LogP contribution in [0.2, 0.25) is 0 Å². The molecule has 0 unspecified atom stereocenters. The predicted molar refractivity (Wildman–Crippen MR) is 95.8 cm³/mol. The maximum atomic E-state index is 12.7. The van der Waals surface area contributed by atoms with E-state index in [1.165, 1.54) is 18.2 Å². The van der Waals surface area contributed by atoms with Crippen molar-refractivity contribution in [3.63, 3.8) is 0 Å². The Labute approximate surface area is 152 Å². The minimum absolute atomic E-state index is 0.0210. The summed E-state index contributed by atoms with van der Waals surface area (Å²) in [6.07, 6.45) is -4.49.